The zero-order valence-electron chi connectivity index (χ0n) is 21.9. The standard InChI is InChI=1S/C29H30N6O3/c1-17-12-31-27(11-23(17)20(4)36)29(37)32-14-22-10-26-21(13-30-22)8-9-25(33-26)24-6-5-7-28(34-24)35-15-18(2)38-19(3)16-35/h5-13,18-19H,14-16H2,1-4H3,(H,32,37)/t18-,19+. The minimum Gasteiger partial charge on any atom is -0.372 e. The summed E-state index contributed by atoms with van der Waals surface area (Å²) in [5.74, 6) is 0.428. The Balaban J connectivity index is 1.34. The normalized spacial score (nSPS) is 17.4. The van der Waals surface area contributed by atoms with E-state index in [9.17, 15) is 9.59 Å². The lowest BCUT2D eigenvalue weighted by Gasteiger charge is -2.36. The molecule has 1 saturated heterocycles. The fourth-order valence-electron chi connectivity index (χ4n) is 4.69. The summed E-state index contributed by atoms with van der Waals surface area (Å²) in [6, 6.07) is 13.3. The van der Waals surface area contributed by atoms with E-state index in [1.165, 1.54) is 19.2 Å². The molecule has 1 aliphatic rings. The van der Waals surface area contributed by atoms with E-state index in [0.717, 1.165) is 46.8 Å². The van der Waals surface area contributed by atoms with Crippen molar-refractivity contribution in [3.8, 4) is 11.4 Å². The number of fused-ring (bicyclic) bond motifs is 1. The minimum absolute atomic E-state index is 0.105. The van der Waals surface area contributed by atoms with Gasteiger partial charge in [0.2, 0.25) is 0 Å². The fourth-order valence-corrected chi connectivity index (χ4v) is 4.69. The first-order valence-electron chi connectivity index (χ1n) is 12.7. The molecule has 194 valence electrons. The van der Waals surface area contributed by atoms with Gasteiger partial charge in [-0.05, 0) is 69.7 Å². The highest BCUT2D eigenvalue weighted by atomic mass is 16.5. The first kappa shape index (κ1) is 25.4. The molecule has 0 bridgehead atoms. The Labute approximate surface area is 221 Å². The molecular formula is C29H30N6O3. The Kier molecular flexibility index (Phi) is 7.11. The number of pyridine rings is 4. The van der Waals surface area contributed by atoms with Crippen LogP contribution in [0, 0.1) is 6.92 Å². The van der Waals surface area contributed by atoms with E-state index in [0.29, 0.717) is 11.3 Å². The summed E-state index contributed by atoms with van der Waals surface area (Å²) in [7, 11) is 0. The number of amides is 1. The molecule has 9 nitrogen and oxygen atoms in total. The Morgan fingerprint density at radius 3 is 2.53 bits per heavy atom. The van der Waals surface area contributed by atoms with Gasteiger partial charge in [0.1, 0.15) is 11.5 Å². The molecule has 0 radical (unpaired) electrons. The van der Waals surface area contributed by atoms with E-state index in [-0.39, 0.29) is 36.1 Å². The molecule has 1 fully saturated rings. The third kappa shape index (κ3) is 5.52. The number of nitrogens with one attached hydrogen (secondary N) is 1. The molecule has 2 atom stereocenters. The summed E-state index contributed by atoms with van der Waals surface area (Å²) >= 11 is 0. The van der Waals surface area contributed by atoms with Gasteiger partial charge in [0, 0.05) is 36.4 Å². The lowest BCUT2D eigenvalue weighted by molar-refractivity contribution is -0.00545. The number of carbonyl (C=O) groups excluding carboxylic acids is 2. The average molecular weight is 511 g/mol. The molecule has 0 spiro atoms. The molecule has 1 amide bonds. The highest BCUT2D eigenvalue weighted by Gasteiger charge is 2.23. The second kappa shape index (κ2) is 10.6. The number of anilines is 1. The number of hydrogen-bond acceptors (Lipinski definition) is 8. The van der Waals surface area contributed by atoms with Gasteiger partial charge in [-0.2, -0.15) is 0 Å². The number of aromatic nitrogens is 4. The summed E-state index contributed by atoms with van der Waals surface area (Å²) < 4.78 is 5.86. The second-order valence-electron chi connectivity index (χ2n) is 9.73. The monoisotopic (exact) mass is 510 g/mol. The van der Waals surface area contributed by atoms with E-state index in [1.807, 2.05) is 36.4 Å². The minimum atomic E-state index is -0.371. The summed E-state index contributed by atoms with van der Waals surface area (Å²) in [5.41, 5.74) is 4.38. The SMILES string of the molecule is CC(=O)c1cc(C(=O)NCc2cc3nc(-c4cccc(N5C[C@@H](C)O[C@@H](C)C5)n4)ccc3cn2)ncc1C. The van der Waals surface area contributed by atoms with Gasteiger partial charge < -0.3 is 15.0 Å². The van der Waals surface area contributed by atoms with E-state index in [4.69, 9.17) is 14.7 Å². The molecular weight excluding hydrogens is 480 g/mol. The van der Waals surface area contributed by atoms with Gasteiger partial charge in [0.05, 0.1) is 41.4 Å². The number of carbonyl (C=O) groups is 2. The van der Waals surface area contributed by atoms with E-state index in [2.05, 4.69) is 34.0 Å². The van der Waals surface area contributed by atoms with Crippen molar-refractivity contribution in [2.45, 2.75) is 46.4 Å². The van der Waals surface area contributed by atoms with Crippen molar-refractivity contribution in [3.63, 3.8) is 0 Å². The van der Waals surface area contributed by atoms with E-state index >= 15 is 0 Å². The van der Waals surface area contributed by atoms with Gasteiger partial charge in [-0.3, -0.25) is 19.6 Å². The summed E-state index contributed by atoms with van der Waals surface area (Å²) in [5, 5.41) is 3.72. The van der Waals surface area contributed by atoms with Crippen molar-refractivity contribution in [1.29, 1.82) is 0 Å². The smallest absolute Gasteiger partial charge is 0.270 e. The van der Waals surface area contributed by atoms with Crippen LogP contribution in [0.15, 0.2) is 54.9 Å². The number of nitrogens with zero attached hydrogens (tertiary/aromatic N) is 5. The van der Waals surface area contributed by atoms with Crippen LogP contribution in [0.1, 0.15) is 52.9 Å². The Hall–Kier alpha value is -4.24. The largest absolute Gasteiger partial charge is 0.372 e. The van der Waals surface area contributed by atoms with Gasteiger partial charge >= 0.3 is 0 Å². The highest BCUT2D eigenvalue weighted by molar-refractivity contribution is 5.99. The Morgan fingerprint density at radius 2 is 1.76 bits per heavy atom. The van der Waals surface area contributed by atoms with Crippen molar-refractivity contribution in [3.05, 3.63) is 77.4 Å². The van der Waals surface area contributed by atoms with Gasteiger partial charge in [-0.1, -0.05) is 6.07 Å². The van der Waals surface area contributed by atoms with Crippen molar-refractivity contribution < 1.29 is 14.3 Å². The predicted octanol–water partition coefficient (Wildman–Crippen LogP) is 4.14. The van der Waals surface area contributed by atoms with Crippen LogP contribution in [0.3, 0.4) is 0 Å². The van der Waals surface area contributed by atoms with Crippen LogP contribution in [-0.2, 0) is 11.3 Å². The lowest BCUT2D eigenvalue weighted by Crippen LogP contribution is -2.45. The fraction of sp³-hybridized carbons (Fsp3) is 0.310. The number of morpholine rings is 1. The summed E-state index contributed by atoms with van der Waals surface area (Å²) in [6.07, 6.45) is 3.57. The number of ether oxygens (including phenoxy) is 1. The second-order valence-corrected chi connectivity index (χ2v) is 9.73. The van der Waals surface area contributed by atoms with Crippen LogP contribution in [-0.4, -0.2) is 56.9 Å². The number of Topliss-reactive ketones (excluding diaryl/α,β-unsaturated/α-hetero) is 1. The van der Waals surface area contributed by atoms with Crippen LogP contribution in [0.5, 0.6) is 0 Å². The van der Waals surface area contributed by atoms with Gasteiger partial charge in [-0.15, -0.1) is 0 Å². The summed E-state index contributed by atoms with van der Waals surface area (Å²) in [6.45, 7) is 9.20. The van der Waals surface area contributed by atoms with E-state index in [1.54, 1.807) is 13.1 Å². The van der Waals surface area contributed by atoms with Crippen LogP contribution in [0.4, 0.5) is 5.82 Å². The zero-order chi connectivity index (χ0) is 26.8. The van der Waals surface area contributed by atoms with Gasteiger partial charge in [-0.25, -0.2) is 9.97 Å². The zero-order valence-corrected chi connectivity index (χ0v) is 21.9. The van der Waals surface area contributed by atoms with Crippen molar-refractivity contribution in [2.24, 2.45) is 0 Å². The van der Waals surface area contributed by atoms with Gasteiger partial charge in [0.15, 0.2) is 5.78 Å². The van der Waals surface area contributed by atoms with Gasteiger partial charge in [0.25, 0.3) is 5.91 Å². The predicted molar refractivity (Wildman–Crippen MR) is 145 cm³/mol. The van der Waals surface area contributed by atoms with Crippen molar-refractivity contribution in [1.82, 2.24) is 25.3 Å². The molecule has 0 unspecified atom stereocenters. The topological polar surface area (TPSA) is 110 Å². The maximum atomic E-state index is 12.7. The third-order valence-corrected chi connectivity index (χ3v) is 6.52. The molecule has 4 aromatic heterocycles. The Morgan fingerprint density at radius 1 is 1.00 bits per heavy atom. The number of hydrogen-bond donors (Lipinski definition) is 1. The first-order valence-corrected chi connectivity index (χ1v) is 12.7. The molecule has 1 N–H and O–H groups in total. The third-order valence-electron chi connectivity index (χ3n) is 6.52. The molecule has 0 saturated carbocycles. The first-order chi connectivity index (χ1) is 18.3. The Bertz CT molecular complexity index is 1510. The molecule has 0 aliphatic carbocycles. The molecule has 5 rings (SSSR count). The molecule has 38 heavy (non-hydrogen) atoms. The molecule has 5 heterocycles. The molecule has 4 aromatic rings. The maximum Gasteiger partial charge on any atom is 0.270 e. The summed E-state index contributed by atoms with van der Waals surface area (Å²) in [4.78, 5) is 45.1. The lowest BCUT2D eigenvalue weighted by atomic mass is 10.1. The van der Waals surface area contributed by atoms with Crippen LogP contribution in [0.2, 0.25) is 0 Å². The number of rotatable bonds is 6. The molecule has 1 aliphatic heterocycles. The van der Waals surface area contributed by atoms with Crippen LogP contribution in [0.25, 0.3) is 22.3 Å². The van der Waals surface area contributed by atoms with Crippen molar-refractivity contribution in [2.75, 3.05) is 18.0 Å². The van der Waals surface area contributed by atoms with E-state index < -0.39 is 0 Å². The number of ketones is 1. The average Bonchev–Trinajstić information content (AvgIpc) is 2.91. The number of aryl methyl sites for hydroxylation is 1. The van der Waals surface area contributed by atoms with Crippen molar-refractivity contribution >= 4 is 28.4 Å². The van der Waals surface area contributed by atoms with Crippen LogP contribution < -0.4 is 10.2 Å². The maximum absolute atomic E-state index is 12.7. The molecule has 9 heteroatoms. The quantitative estimate of drug-likeness (QED) is 0.386. The van der Waals surface area contributed by atoms with Crippen LogP contribution >= 0.6 is 0 Å². The molecule has 0 aromatic carbocycles. The highest BCUT2D eigenvalue weighted by Crippen LogP contribution is 2.24.